The van der Waals surface area contributed by atoms with Gasteiger partial charge in [-0.25, -0.2) is 0 Å². The second-order valence-electron chi connectivity index (χ2n) is 4.54. The van der Waals surface area contributed by atoms with Gasteiger partial charge in [-0.15, -0.1) is 0 Å². The summed E-state index contributed by atoms with van der Waals surface area (Å²) in [6.45, 7) is 4.53. The van der Waals surface area contributed by atoms with Crippen molar-refractivity contribution in [2.45, 2.75) is 32.0 Å². The molecule has 0 unspecified atom stereocenters. The molecule has 2 rings (SSSR count). The summed E-state index contributed by atoms with van der Waals surface area (Å²) in [5.74, 6) is -2.42. The molecule has 0 spiro atoms. The van der Waals surface area contributed by atoms with Crippen molar-refractivity contribution in [1.82, 2.24) is 4.98 Å². The highest BCUT2D eigenvalue weighted by molar-refractivity contribution is 6.07. The first-order chi connectivity index (χ1) is 7.86. The van der Waals surface area contributed by atoms with E-state index in [0.29, 0.717) is 5.56 Å². The number of cyclic esters (lactones) is 2. The van der Waals surface area contributed by atoms with E-state index in [9.17, 15) is 9.59 Å². The molecule has 90 valence electrons. The van der Waals surface area contributed by atoms with Crippen LogP contribution in [0.2, 0.25) is 0 Å². The van der Waals surface area contributed by atoms with Gasteiger partial charge in [-0.3, -0.25) is 14.6 Å². The van der Waals surface area contributed by atoms with Crippen LogP contribution in [-0.2, 0) is 24.5 Å². The van der Waals surface area contributed by atoms with E-state index in [4.69, 9.17) is 9.47 Å². The van der Waals surface area contributed by atoms with Crippen molar-refractivity contribution in [3.05, 3.63) is 30.1 Å². The Kier molecular flexibility index (Phi) is 2.41. The number of rotatable bonds is 1. The predicted octanol–water partition coefficient (Wildman–Crippen LogP) is 1.18. The summed E-state index contributed by atoms with van der Waals surface area (Å²) in [6, 6.07) is 3.20. The SMILES string of the molecule is CC1(C)OC(=O)C(C)(c2ccncc2)C(=O)O1. The van der Waals surface area contributed by atoms with Crippen LogP contribution in [0, 0.1) is 0 Å². The van der Waals surface area contributed by atoms with Gasteiger partial charge >= 0.3 is 11.9 Å². The van der Waals surface area contributed by atoms with E-state index in [-0.39, 0.29) is 0 Å². The summed E-state index contributed by atoms with van der Waals surface area (Å²) in [5.41, 5.74) is -0.906. The van der Waals surface area contributed by atoms with Gasteiger partial charge in [-0.2, -0.15) is 0 Å². The first kappa shape index (κ1) is 11.6. The number of carbonyl (C=O) groups excluding carboxylic acids is 2. The van der Waals surface area contributed by atoms with Crippen LogP contribution in [0.25, 0.3) is 0 Å². The van der Waals surface area contributed by atoms with Crippen LogP contribution in [0.5, 0.6) is 0 Å². The lowest BCUT2D eigenvalue weighted by Gasteiger charge is -2.38. The van der Waals surface area contributed by atoms with Crippen LogP contribution in [0.15, 0.2) is 24.5 Å². The molecule has 1 fully saturated rings. The summed E-state index contributed by atoms with van der Waals surface area (Å²) >= 11 is 0. The van der Waals surface area contributed by atoms with E-state index >= 15 is 0 Å². The Balaban J connectivity index is 2.45. The van der Waals surface area contributed by atoms with E-state index < -0.39 is 23.1 Å². The molecule has 0 aromatic carbocycles. The molecule has 0 radical (unpaired) electrons. The highest BCUT2D eigenvalue weighted by atomic mass is 16.7. The Hall–Kier alpha value is -1.91. The van der Waals surface area contributed by atoms with Gasteiger partial charge in [-0.1, -0.05) is 0 Å². The van der Waals surface area contributed by atoms with Crippen molar-refractivity contribution in [3.63, 3.8) is 0 Å². The van der Waals surface area contributed by atoms with Crippen LogP contribution >= 0.6 is 0 Å². The molecule has 0 amide bonds. The zero-order chi connectivity index (χ0) is 12.7. The van der Waals surface area contributed by atoms with E-state index in [0.717, 1.165) is 0 Å². The standard InChI is InChI=1S/C12H13NO4/c1-11(2)16-9(14)12(3,10(15)17-11)8-4-6-13-7-5-8/h4-7H,1-3H3. The van der Waals surface area contributed by atoms with Crippen LogP contribution in [-0.4, -0.2) is 22.7 Å². The zero-order valence-corrected chi connectivity index (χ0v) is 9.89. The summed E-state index contributed by atoms with van der Waals surface area (Å²) in [4.78, 5) is 27.8. The van der Waals surface area contributed by atoms with E-state index in [1.807, 2.05) is 0 Å². The van der Waals surface area contributed by atoms with Crippen molar-refractivity contribution in [3.8, 4) is 0 Å². The maximum Gasteiger partial charge on any atom is 0.331 e. The lowest BCUT2D eigenvalue weighted by Crippen LogP contribution is -2.55. The van der Waals surface area contributed by atoms with Crippen molar-refractivity contribution in [2.75, 3.05) is 0 Å². The van der Waals surface area contributed by atoms with E-state index in [1.165, 1.54) is 33.2 Å². The number of ether oxygens (including phenoxy) is 2. The normalized spacial score (nSPS) is 21.6. The second-order valence-corrected chi connectivity index (χ2v) is 4.54. The Morgan fingerprint density at radius 3 is 1.94 bits per heavy atom. The number of aromatic nitrogens is 1. The quantitative estimate of drug-likeness (QED) is 0.540. The van der Waals surface area contributed by atoms with Crippen LogP contribution in [0.4, 0.5) is 0 Å². The molecule has 2 heterocycles. The second kappa shape index (κ2) is 3.55. The molecule has 0 atom stereocenters. The number of pyridine rings is 1. The molecule has 1 saturated heterocycles. The van der Waals surface area contributed by atoms with Crippen molar-refractivity contribution in [1.29, 1.82) is 0 Å². The monoisotopic (exact) mass is 235 g/mol. The summed E-state index contributed by atoms with van der Waals surface area (Å²) in [5, 5.41) is 0. The molecule has 1 aliphatic heterocycles. The summed E-state index contributed by atoms with van der Waals surface area (Å²) < 4.78 is 10.2. The number of hydrogen-bond acceptors (Lipinski definition) is 5. The molecule has 0 saturated carbocycles. The highest BCUT2D eigenvalue weighted by Crippen LogP contribution is 2.34. The minimum absolute atomic E-state index is 0.512. The first-order valence-electron chi connectivity index (χ1n) is 5.24. The van der Waals surface area contributed by atoms with Gasteiger partial charge < -0.3 is 9.47 Å². The maximum atomic E-state index is 12.0. The van der Waals surface area contributed by atoms with Gasteiger partial charge in [0.25, 0.3) is 5.79 Å². The summed E-state index contributed by atoms with van der Waals surface area (Å²) in [7, 11) is 0. The maximum absolute atomic E-state index is 12.0. The predicted molar refractivity (Wildman–Crippen MR) is 57.9 cm³/mol. The molecule has 0 aliphatic carbocycles. The number of carbonyl (C=O) groups is 2. The van der Waals surface area contributed by atoms with Gasteiger partial charge in [0.1, 0.15) is 0 Å². The number of esters is 2. The van der Waals surface area contributed by atoms with E-state index in [2.05, 4.69) is 4.98 Å². The highest BCUT2D eigenvalue weighted by Gasteiger charge is 2.54. The third-order valence-corrected chi connectivity index (χ3v) is 2.75. The average Bonchev–Trinajstić information content (AvgIpc) is 2.26. The van der Waals surface area contributed by atoms with Crippen LogP contribution in [0.1, 0.15) is 26.3 Å². The Labute approximate surface area is 98.7 Å². The molecule has 5 heteroatoms. The summed E-state index contributed by atoms with van der Waals surface area (Å²) in [6.07, 6.45) is 3.03. The van der Waals surface area contributed by atoms with Crippen molar-refractivity contribution in [2.24, 2.45) is 0 Å². The molecular formula is C12H13NO4. The van der Waals surface area contributed by atoms with E-state index in [1.54, 1.807) is 12.1 Å². The fraction of sp³-hybridized carbons (Fsp3) is 0.417. The Morgan fingerprint density at radius 1 is 1.00 bits per heavy atom. The lowest BCUT2D eigenvalue weighted by atomic mass is 9.82. The molecule has 0 bridgehead atoms. The number of hydrogen-bond donors (Lipinski definition) is 0. The minimum atomic E-state index is -1.42. The smallest absolute Gasteiger partial charge is 0.331 e. The zero-order valence-electron chi connectivity index (χ0n) is 9.89. The Bertz CT molecular complexity index is 447. The molecule has 17 heavy (non-hydrogen) atoms. The fourth-order valence-electron chi connectivity index (χ4n) is 1.68. The molecule has 1 aromatic rings. The Morgan fingerprint density at radius 2 is 1.47 bits per heavy atom. The third-order valence-electron chi connectivity index (χ3n) is 2.75. The molecule has 0 N–H and O–H groups in total. The number of nitrogens with zero attached hydrogens (tertiary/aromatic N) is 1. The molecular weight excluding hydrogens is 222 g/mol. The third kappa shape index (κ3) is 1.77. The first-order valence-corrected chi connectivity index (χ1v) is 5.24. The lowest BCUT2D eigenvalue weighted by molar-refractivity contribution is -0.242. The van der Waals surface area contributed by atoms with Crippen molar-refractivity contribution >= 4 is 11.9 Å². The van der Waals surface area contributed by atoms with Gasteiger partial charge in [0, 0.05) is 26.2 Å². The van der Waals surface area contributed by atoms with Gasteiger partial charge in [0.15, 0.2) is 5.41 Å². The average molecular weight is 235 g/mol. The van der Waals surface area contributed by atoms with Gasteiger partial charge in [-0.05, 0) is 24.6 Å². The topological polar surface area (TPSA) is 65.5 Å². The minimum Gasteiger partial charge on any atom is -0.422 e. The molecule has 1 aliphatic rings. The largest absolute Gasteiger partial charge is 0.422 e. The van der Waals surface area contributed by atoms with Crippen LogP contribution in [0.3, 0.4) is 0 Å². The van der Waals surface area contributed by atoms with Crippen molar-refractivity contribution < 1.29 is 19.1 Å². The van der Waals surface area contributed by atoms with Crippen LogP contribution < -0.4 is 0 Å². The van der Waals surface area contributed by atoms with Gasteiger partial charge in [0.2, 0.25) is 0 Å². The fourth-order valence-corrected chi connectivity index (χ4v) is 1.68. The van der Waals surface area contributed by atoms with Gasteiger partial charge in [0.05, 0.1) is 0 Å². The molecule has 5 nitrogen and oxygen atoms in total. The molecule has 1 aromatic heterocycles.